The highest BCUT2D eigenvalue weighted by Gasteiger charge is 2.36. The minimum Gasteiger partial charge on any atom is -0.385 e. The molecule has 0 aromatic carbocycles. The maximum atomic E-state index is 5.23. The van der Waals surface area contributed by atoms with Gasteiger partial charge in [0.2, 0.25) is 0 Å². The molecule has 3 nitrogen and oxygen atoms in total. The van der Waals surface area contributed by atoms with E-state index in [1.807, 2.05) is 0 Å². The van der Waals surface area contributed by atoms with Gasteiger partial charge >= 0.3 is 0 Å². The monoisotopic (exact) mass is 258 g/mol. The first-order valence-electron chi connectivity index (χ1n) is 7.42. The lowest BCUT2D eigenvalue weighted by Crippen LogP contribution is -2.60. The number of ether oxygens (including phenoxy) is 1. The molecule has 0 fully saturated rings. The van der Waals surface area contributed by atoms with Gasteiger partial charge in [-0.1, -0.05) is 27.7 Å². The average Bonchev–Trinajstić information content (AvgIpc) is 2.33. The summed E-state index contributed by atoms with van der Waals surface area (Å²) in [4.78, 5) is 2.55. The second kappa shape index (κ2) is 8.89. The van der Waals surface area contributed by atoms with Gasteiger partial charge in [-0.25, -0.2) is 0 Å². The van der Waals surface area contributed by atoms with Crippen molar-refractivity contribution in [3.05, 3.63) is 0 Å². The topological polar surface area (TPSA) is 24.5 Å². The second-order valence-electron chi connectivity index (χ2n) is 5.62. The van der Waals surface area contributed by atoms with Gasteiger partial charge in [-0.3, -0.25) is 4.90 Å². The SMILES string of the molecule is CCNC(C(C)CCOC)C(C)(C)N(CC)CC. The van der Waals surface area contributed by atoms with Crippen LogP contribution in [-0.2, 0) is 4.74 Å². The molecule has 0 bridgehead atoms. The molecule has 0 aromatic heterocycles. The molecule has 18 heavy (non-hydrogen) atoms. The van der Waals surface area contributed by atoms with Gasteiger partial charge in [-0.2, -0.15) is 0 Å². The quantitative estimate of drug-likeness (QED) is 0.652. The maximum Gasteiger partial charge on any atom is 0.0465 e. The van der Waals surface area contributed by atoms with Crippen molar-refractivity contribution in [2.45, 2.75) is 59.5 Å². The lowest BCUT2D eigenvalue weighted by molar-refractivity contribution is 0.0592. The van der Waals surface area contributed by atoms with Crippen molar-refractivity contribution in [2.24, 2.45) is 5.92 Å². The second-order valence-corrected chi connectivity index (χ2v) is 5.62. The Morgan fingerprint density at radius 1 is 1.17 bits per heavy atom. The molecule has 3 heteroatoms. The largest absolute Gasteiger partial charge is 0.385 e. The van der Waals surface area contributed by atoms with Gasteiger partial charge in [0, 0.05) is 25.3 Å². The van der Waals surface area contributed by atoms with Crippen molar-refractivity contribution in [1.29, 1.82) is 0 Å². The summed E-state index contributed by atoms with van der Waals surface area (Å²) >= 11 is 0. The van der Waals surface area contributed by atoms with E-state index in [0.717, 1.165) is 32.7 Å². The number of hydrogen-bond acceptors (Lipinski definition) is 3. The molecule has 2 atom stereocenters. The fourth-order valence-corrected chi connectivity index (χ4v) is 3.07. The van der Waals surface area contributed by atoms with Crippen molar-refractivity contribution in [3.8, 4) is 0 Å². The highest BCUT2D eigenvalue weighted by atomic mass is 16.5. The van der Waals surface area contributed by atoms with Crippen LogP contribution in [0.1, 0.15) is 48.0 Å². The first kappa shape index (κ1) is 17.9. The maximum absolute atomic E-state index is 5.23. The van der Waals surface area contributed by atoms with E-state index in [9.17, 15) is 0 Å². The number of nitrogens with zero attached hydrogens (tertiary/aromatic N) is 1. The summed E-state index contributed by atoms with van der Waals surface area (Å²) in [6, 6.07) is 0.498. The number of likely N-dealkylation sites (N-methyl/N-ethyl adjacent to an activating group) is 2. The summed E-state index contributed by atoms with van der Waals surface area (Å²) in [7, 11) is 1.78. The first-order chi connectivity index (χ1) is 8.45. The Morgan fingerprint density at radius 3 is 2.11 bits per heavy atom. The fraction of sp³-hybridized carbons (Fsp3) is 1.00. The van der Waals surface area contributed by atoms with Crippen LogP contribution >= 0.6 is 0 Å². The Bertz CT molecular complexity index is 203. The number of hydrogen-bond donors (Lipinski definition) is 1. The van der Waals surface area contributed by atoms with Crippen LogP contribution < -0.4 is 5.32 Å². The van der Waals surface area contributed by atoms with Gasteiger partial charge in [0.05, 0.1) is 0 Å². The fourth-order valence-electron chi connectivity index (χ4n) is 3.07. The Labute approximate surface area is 114 Å². The van der Waals surface area contributed by atoms with Gasteiger partial charge in [-0.15, -0.1) is 0 Å². The zero-order chi connectivity index (χ0) is 14.2. The number of methoxy groups -OCH3 is 1. The highest BCUT2D eigenvalue weighted by Crippen LogP contribution is 2.26. The summed E-state index contributed by atoms with van der Waals surface area (Å²) in [5, 5.41) is 3.68. The van der Waals surface area contributed by atoms with E-state index in [1.54, 1.807) is 7.11 Å². The van der Waals surface area contributed by atoms with E-state index in [-0.39, 0.29) is 5.54 Å². The van der Waals surface area contributed by atoms with Crippen molar-refractivity contribution in [2.75, 3.05) is 33.4 Å². The van der Waals surface area contributed by atoms with Crippen LogP contribution in [-0.4, -0.2) is 49.8 Å². The molecular formula is C15H34N2O. The summed E-state index contributed by atoms with van der Waals surface area (Å²) in [5.74, 6) is 0.612. The van der Waals surface area contributed by atoms with Gasteiger partial charge in [0.1, 0.15) is 0 Å². The van der Waals surface area contributed by atoms with Gasteiger partial charge in [0.15, 0.2) is 0 Å². The molecule has 0 aliphatic heterocycles. The molecule has 0 heterocycles. The molecule has 0 radical (unpaired) electrons. The van der Waals surface area contributed by atoms with Crippen LogP contribution in [0.15, 0.2) is 0 Å². The smallest absolute Gasteiger partial charge is 0.0465 e. The van der Waals surface area contributed by atoms with E-state index >= 15 is 0 Å². The normalized spacial score (nSPS) is 16.0. The van der Waals surface area contributed by atoms with Crippen molar-refractivity contribution < 1.29 is 4.74 Å². The number of nitrogens with one attached hydrogen (secondary N) is 1. The van der Waals surface area contributed by atoms with E-state index < -0.39 is 0 Å². The summed E-state index contributed by atoms with van der Waals surface area (Å²) in [5.41, 5.74) is 0.173. The van der Waals surface area contributed by atoms with Crippen molar-refractivity contribution >= 4 is 0 Å². The van der Waals surface area contributed by atoms with Crippen molar-refractivity contribution in [1.82, 2.24) is 10.2 Å². The third-order valence-electron chi connectivity index (χ3n) is 4.11. The number of rotatable bonds is 10. The molecule has 0 aliphatic rings. The van der Waals surface area contributed by atoms with E-state index in [1.165, 1.54) is 0 Å². The Morgan fingerprint density at radius 2 is 1.72 bits per heavy atom. The van der Waals surface area contributed by atoms with Crippen LogP contribution in [0, 0.1) is 5.92 Å². The molecule has 0 saturated carbocycles. The van der Waals surface area contributed by atoms with E-state index in [0.29, 0.717) is 12.0 Å². The molecule has 0 aromatic rings. The molecule has 0 amide bonds. The standard InChI is InChI=1S/C15H34N2O/c1-8-16-14(13(4)11-12-18-7)15(5,6)17(9-2)10-3/h13-14,16H,8-12H2,1-7H3. The molecule has 0 rings (SSSR count). The first-order valence-corrected chi connectivity index (χ1v) is 7.42. The molecule has 2 unspecified atom stereocenters. The zero-order valence-corrected chi connectivity index (χ0v) is 13.5. The summed E-state index contributed by atoms with van der Waals surface area (Å²) in [6.07, 6.45) is 1.11. The minimum absolute atomic E-state index is 0.173. The van der Waals surface area contributed by atoms with Crippen LogP contribution in [0.25, 0.3) is 0 Å². The van der Waals surface area contributed by atoms with Crippen LogP contribution in [0.3, 0.4) is 0 Å². The van der Waals surface area contributed by atoms with Crippen LogP contribution in [0.4, 0.5) is 0 Å². The Balaban J connectivity index is 4.82. The third-order valence-corrected chi connectivity index (χ3v) is 4.11. The van der Waals surface area contributed by atoms with Gasteiger partial charge < -0.3 is 10.1 Å². The molecule has 0 aliphatic carbocycles. The lowest BCUT2D eigenvalue weighted by atomic mass is 9.82. The molecule has 1 N–H and O–H groups in total. The van der Waals surface area contributed by atoms with Crippen LogP contribution in [0.2, 0.25) is 0 Å². The zero-order valence-electron chi connectivity index (χ0n) is 13.5. The predicted octanol–water partition coefficient (Wildman–Crippen LogP) is 2.76. The predicted molar refractivity (Wildman–Crippen MR) is 80.1 cm³/mol. The molecular weight excluding hydrogens is 224 g/mol. The van der Waals surface area contributed by atoms with Crippen molar-refractivity contribution in [3.63, 3.8) is 0 Å². The molecule has 110 valence electrons. The minimum atomic E-state index is 0.173. The molecule has 0 saturated heterocycles. The Kier molecular flexibility index (Phi) is 8.83. The Hall–Kier alpha value is -0.120. The van der Waals surface area contributed by atoms with Crippen LogP contribution in [0.5, 0.6) is 0 Å². The van der Waals surface area contributed by atoms with E-state index in [2.05, 4.69) is 51.8 Å². The third kappa shape index (κ3) is 4.87. The average molecular weight is 258 g/mol. The highest BCUT2D eigenvalue weighted by molar-refractivity contribution is 4.95. The summed E-state index contributed by atoms with van der Waals surface area (Å²) < 4.78 is 5.23. The van der Waals surface area contributed by atoms with E-state index in [4.69, 9.17) is 4.74 Å². The summed E-state index contributed by atoms with van der Waals surface area (Å²) in [6.45, 7) is 17.8. The lowest BCUT2D eigenvalue weighted by Gasteiger charge is -2.46. The van der Waals surface area contributed by atoms with Gasteiger partial charge in [0.25, 0.3) is 0 Å². The molecule has 0 spiro atoms. The van der Waals surface area contributed by atoms with Gasteiger partial charge in [-0.05, 0) is 45.8 Å².